The molecule has 0 heterocycles. The summed E-state index contributed by atoms with van der Waals surface area (Å²) in [5.41, 5.74) is 0. The van der Waals surface area contributed by atoms with Crippen LogP contribution in [0.5, 0.6) is 0 Å². The standard InChI is InChI=1S/C15H20N2O2S/c1-2-16-11-6-12-17-20(18,19)15-10-5-8-13-7-3-4-9-14(13)15/h3-5,7-10,16-17H,2,6,11-12H2,1H3. The Morgan fingerprint density at radius 2 is 1.75 bits per heavy atom. The summed E-state index contributed by atoms with van der Waals surface area (Å²) in [5.74, 6) is 0. The van der Waals surface area contributed by atoms with Crippen molar-refractivity contribution in [3.05, 3.63) is 42.5 Å². The van der Waals surface area contributed by atoms with Gasteiger partial charge in [0.05, 0.1) is 4.90 Å². The largest absolute Gasteiger partial charge is 0.317 e. The molecule has 0 atom stereocenters. The van der Waals surface area contributed by atoms with Crippen molar-refractivity contribution in [2.24, 2.45) is 0 Å². The number of hydrogen-bond acceptors (Lipinski definition) is 3. The molecular weight excluding hydrogens is 272 g/mol. The first-order chi connectivity index (χ1) is 9.65. The van der Waals surface area contributed by atoms with Crippen molar-refractivity contribution in [2.75, 3.05) is 19.6 Å². The smallest absolute Gasteiger partial charge is 0.241 e. The van der Waals surface area contributed by atoms with E-state index in [4.69, 9.17) is 0 Å². The van der Waals surface area contributed by atoms with Gasteiger partial charge in [0.15, 0.2) is 0 Å². The van der Waals surface area contributed by atoms with Crippen LogP contribution in [0.1, 0.15) is 13.3 Å². The van der Waals surface area contributed by atoms with Crippen molar-refractivity contribution in [1.82, 2.24) is 10.0 Å². The van der Waals surface area contributed by atoms with Crippen LogP contribution >= 0.6 is 0 Å². The van der Waals surface area contributed by atoms with E-state index in [-0.39, 0.29) is 0 Å². The molecule has 2 aromatic carbocycles. The Labute approximate surface area is 120 Å². The van der Waals surface area contributed by atoms with Crippen LogP contribution in [0.4, 0.5) is 0 Å². The fourth-order valence-corrected chi connectivity index (χ4v) is 3.41. The summed E-state index contributed by atoms with van der Waals surface area (Å²) >= 11 is 0. The van der Waals surface area contributed by atoms with Crippen LogP contribution in [0.3, 0.4) is 0 Å². The zero-order chi connectivity index (χ0) is 14.4. The van der Waals surface area contributed by atoms with E-state index in [1.807, 2.05) is 37.3 Å². The van der Waals surface area contributed by atoms with Crippen LogP contribution in [-0.4, -0.2) is 28.1 Å². The van der Waals surface area contributed by atoms with Crippen LogP contribution in [-0.2, 0) is 10.0 Å². The SMILES string of the molecule is CCNCCCNS(=O)(=O)c1cccc2ccccc12. The molecule has 0 aromatic heterocycles. The van der Waals surface area contributed by atoms with Crippen LogP contribution in [0.15, 0.2) is 47.4 Å². The summed E-state index contributed by atoms with van der Waals surface area (Å²) in [5, 5.41) is 4.86. The highest BCUT2D eigenvalue weighted by Gasteiger charge is 2.15. The maximum Gasteiger partial charge on any atom is 0.241 e. The van der Waals surface area contributed by atoms with Crippen molar-refractivity contribution in [3.8, 4) is 0 Å². The molecular formula is C15H20N2O2S. The summed E-state index contributed by atoms with van der Waals surface area (Å²) in [4.78, 5) is 0.346. The molecule has 0 spiro atoms. The maximum absolute atomic E-state index is 12.3. The highest BCUT2D eigenvalue weighted by Crippen LogP contribution is 2.22. The van der Waals surface area contributed by atoms with Crippen molar-refractivity contribution in [1.29, 1.82) is 0 Å². The van der Waals surface area contributed by atoms with Crippen molar-refractivity contribution in [3.63, 3.8) is 0 Å². The van der Waals surface area contributed by atoms with Gasteiger partial charge in [-0.2, -0.15) is 0 Å². The molecule has 20 heavy (non-hydrogen) atoms. The van der Waals surface area contributed by atoms with Crippen molar-refractivity contribution < 1.29 is 8.42 Å². The fourth-order valence-electron chi connectivity index (χ4n) is 2.10. The minimum absolute atomic E-state index is 0.346. The summed E-state index contributed by atoms with van der Waals surface area (Å²) in [7, 11) is -3.45. The molecule has 0 aliphatic carbocycles. The van der Waals surface area contributed by atoms with Gasteiger partial charge in [-0.1, -0.05) is 43.3 Å². The quantitative estimate of drug-likeness (QED) is 0.769. The molecule has 5 heteroatoms. The molecule has 2 N–H and O–H groups in total. The van der Waals surface area contributed by atoms with Gasteiger partial charge in [-0.25, -0.2) is 13.1 Å². The molecule has 0 saturated heterocycles. The fraction of sp³-hybridized carbons (Fsp3) is 0.333. The summed E-state index contributed by atoms with van der Waals surface area (Å²) in [6.07, 6.45) is 0.776. The van der Waals surface area contributed by atoms with Crippen molar-refractivity contribution in [2.45, 2.75) is 18.2 Å². The summed E-state index contributed by atoms with van der Waals surface area (Å²) in [6.45, 7) is 4.18. The lowest BCUT2D eigenvalue weighted by molar-refractivity contribution is 0.576. The van der Waals surface area contributed by atoms with E-state index in [1.54, 1.807) is 12.1 Å². The van der Waals surface area contributed by atoms with Crippen LogP contribution in [0.2, 0.25) is 0 Å². The lowest BCUT2D eigenvalue weighted by Gasteiger charge is -2.09. The van der Waals surface area contributed by atoms with E-state index in [0.29, 0.717) is 11.4 Å². The van der Waals surface area contributed by atoms with E-state index in [1.165, 1.54) is 0 Å². The Kier molecular flexibility index (Phi) is 5.11. The molecule has 0 bridgehead atoms. The van der Waals surface area contributed by atoms with Gasteiger partial charge in [0.1, 0.15) is 0 Å². The molecule has 0 aliphatic heterocycles. The van der Waals surface area contributed by atoms with Crippen LogP contribution < -0.4 is 10.0 Å². The molecule has 2 rings (SSSR count). The third-order valence-electron chi connectivity index (χ3n) is 3.11. The molecule has 0 radical (unpaired) electrons. The highest BCUT2D eigenvalue weighted by molar-refractivity contribution is 7.89. The lowest BCUT2D eigenvalue weighted by atomic mass is 10.1. The van der Waals surface area contributed by atoms with Crippen molar-refractivity contribution >= 4 is 20.8 Å². The Bertz CT molecular complexity index is 663. The zero-order valence-electron chi connectivity index (χ0n) is 11.6. The second-order valence-electron chi connectivity index (χ2n) is 4.58. The second kappa shape index (κ2) is 6.83. The molecule has 0 aliphatic rings. The average Bonchev–Trinajstić information content (AvgIpc) is 2.46. The van der Waals surface area contributed by atoms with E-state index >= 15 is 0 Å². The average molecular weight is 292 g/mol. The minimum Gasteiger partial charge on any atom is -0.317 e. The Morgan fingerprint density at radius 1 is 1.00 bits per heavy atom. The monoisotopic (exact) mass is 292 g/mol. The first-order valence-electron chi connectivity index (χ1n) is 6.83. The molecule has 108 valence electrons. The topological polar surface area (TPSA) is 58.2 Å². The lowest BCUT2D eigenvalue weighted by Crippen LogP contribution is -2.27. The van der Waals surface area contributed by atoms with Crippen LogP contribution in [0, 0.1) is 0 Å². The molecule has 2 aromatic rings. The first-order valence-corrected chi connectivity index (χ1v) is 8.31. The summed E-state index contributed by atoms with van der Waals surface area (Å²) in [6, 6.07) is 12.8. The number of fused-ring (bicyclic) bond motifs is 1. The molecule has 0 amide bonds. The Morgan fingerprint density at radius 3 is 2.55 bits per heavy atom. The van der Waals surface area contributed by atoms with Gasteiger partial charge in [0.2, 0.25) is 10.0 Å². The summed E-state index contributed by atoms with van der Waals surface area (Å²) < 4.78 is 27.4. The number of nitrogens with one attached hydrogen (secondary N) is 2. The van der Waals surface area contributed by atoms with Gasteiger partial charge in [-0.05, 0) is 31.0 Å². The van der Waals surface area contributed by atoms with Gasteiger partial charge in [0, 0.05) is 11.9 Å². The third kappa shape index (κ3) is 3.56. The van der Waals surface area contributed by atoms with E-state index < -0.39 is 10.0 Å². The predicted molar refractivity (Wildman–Crippen MR) is 82.3 cm³/mol. The molecule has 0 unspecified atom stereocenters. The van der Waals surface area contributed by atoms with E-state index in [0.717, 1.165) is 30.3 Å². The predicted octanol–water partition coefficient (Wildman–Crippen LogP) is 2.12. The number of benzene rings is 2. The second-order valence-corrected chi connectivity index (χ2v) is 6.32. The van der Waals surface area contributed by atoms with E-state index in [9.17, 15) is 8.42 Å². The Balaban J connectivity index is 2.15. The van der Waals surface area contributed by atoms with Gasteiger partial charge >= 0.3 is 0 Å². The van der Waals surface area contributed by atoms with Gasteiger partial charge in [-0.3, -0.25) is 0 Å². The number of sulfonamides is 1. The number of hydrogen-bond donors (Lipinski definition) is 2. The van der Waals surface area contributed by atoms with Gasteiger partial charge < -0.3 is 5.32 Å². The van der Waals surface area contributed by atoms with Gasteiger partial charge in [0.25, 0.3) is 0 Å². The maximum atomic E-state index is 12.3. The van der Waals surface area contributed by atoms with Crippen LogP contribution in [0.25, 0.3) is 10.8 Å². The van der Waals surface area contributed by atoms with Gasteiger partial charge in [-0.15, -0.1) is 0 Å². The zero-order valence-corrected chi connectivity index (χ0v) is 12.4. The first kappa shape index (κ1) is 15.0. The highest BCUT2D eigenvalue weighted by atomic mass is 32.2. The normalized spacial score (nSPS) is 11.8. The van der Waals surface area contributed by atoms with E-state index in [2.05, 4.69) is 10.0 Å². The molecule has 0 fully saturated rings. The molecule has 4 nitrogen and oxygen atoms in total. The third-order valence-corrected chi connectivity index (χ3v) is 4.63. The minimum atomic E-state index is -3.45. The number of rotatable bonds is 7. The Hall–Kier alpha value is -1.43. The molecule has 0 saturated carbocycles.